The van der Waals surface area contributed by atoms with Gasteiger partial charge in [0.05, 0.1) is 31.4 Å². The zero-order valence-electron chi connectivity index (χ0n) is 14.6. The minimum Gasteiger partial charge on any atom is -0.321 e. The number of benzene rings is 3. The number of thiazole rings is 1. The molecule has 29 heavy (non-hydrogen) atoms. The quantitative estimate of drug-likeness (QED) is 0.261. The van der Waals surface area contributed by atoms with Gasteiger partial charge in [-0.05, 0) is 36.4 Å². The summed E-state index contributed by atoms with van der Waals surface area (Å²) < 4.78 is 1.89. The van der Waals surface area contributed by atoms with Crippen LogP contribution in [0.1, 0.15) is 10.4 Å². The maximum Gasteiger partial charge on any atom is 0.270 e. The summed E-state index contributed by atoms with van der Waals surface area (Å²) in [6, 6.07) is 17.0. The van der Waals surface area contributed by atoms with Gasteiger partial charge in [0, 0.05) is 22.2 Å². The molecule has 1 amide bonds. The molecule has 0 saturated heterocycles. The number of anilines is 1. The van der Waals surface area contributed by atoms with E-state index in [1.54, 1.807) is 6.07 Å². The van der Waals surface area contributed by atoms with Gasteiger partial charge in [-0.1, -0.05) is 39.7 Å². The number of fused-ring (bicyclic) bond motifs is 1. The highest BCUT2D eigenvalue weighted by molar-refractivity contribution is 9.10. The van der Waals surface area contributed by atoms with Crippen LogP contribution in [-0.4, -0.2) is 15.8 Å². The molecule has 0 radical (unpaired) electrons. The van der Waals surface area contributed by atoms with Gasteiger partial charge in [-0.25, -0.2) is 4.98 Å². The second kappa shape index (κ2) is 7.90. The molecule has 9 heteroatoms. The molecule has 0 fully saturated rings. The Morgan fingerprint density at radius 3 is 2.66 bits per heavy atom. The van der Waals surface area contributed by atoms with E-state index in [4.69, 9.17) is 11.6 Å². The van der Waals surface area contributed by atoms with Crippen LogP contribution in [0.4, 0.5) is 11.4 Å². The number of nitrogens with one attached hydrogen (secondary N) is 1. The summed E-state index contributed by atoms with van der Waals surface area (Å²) in [7, 11) is 0. The SMILES string of the molecule is O=C(Nc1ccc(Br)cc1-c1nc2ccccc2s1)c1ccc([N+](=O)[O-])cc1Cl. The van der Waals surface area contributed by atoms with Gasteiger partial charge >= 0.3 is 0 Å². The van der Waals surface area contributed by atoms with Gasteiger partial charge in [-0.3, -0.25) is 14.9 Å². The zero-order chi connectivity index (χ0) is 20.5. The Balaban J connectivity index is 1.71. The summed E-state index contributed by atoms with van der Waals surface area (Å²) in [5, 5.41) is 14.5. The number of para-hydroxylation sites is 1. The van der Waals surface area contributed by atoms with Crippen molar-refractivity contribution in [2.75, 3.05) is 5.32 Å². The van der Waals surface area contributed by atoms with Crippen LogP contribution in [0.3, 0.4) is 0 Å². The number of rotatable bonds is 4. The van der Waals surface area contributed by atoms with Gasteiger partial charge in [0.25, 0.3) is 11.6 Å². The number of carbonyl (C=O) groups is 1. The maximum atomic E-state index is 12.8. The van der Waals surface area contributed by atoms with E-state index in [0.717, 1.165) is 31.3 Å². The Morgan fingerprint density at radius 1 is 1.14 bits per heavy atom. The number of halogens is 2. The van der Waals surface area contributed by atoms with Gasteiger partial charge in [-0.15, -0.1) is 11.3 Å². The topological polar surface area (TPSA) is 85.1 Å². The number of hydrogen-bond acceptors (Lipinski definition) is 5. The third-order valence-corrected chi connectivity index (χ3v) is 6.04. The largest absolute Gasteiger partial charge is 0.321 e. The number of non-ortho nitro benzene ring substituents is 1. The van der Waals surface area contributed by atoms with E-state index >= 15 is 0 Å². The molecule has 0 aliphatic carbocycles. The first kappa shape index (κ1) is 19.5. The summed E-state index contributed by atoms with van der Waals surface area (Å²) in [4.78, 5) is 27.7. The first-order chi connectivity index (χ1) is 13.9. The third kappa shape index (κ3) is 4.00. The molecular weight excluding hydrogens is 478 g/mol. The predicted octanol–water partition coefficient (Wildman–Crippen LogP) is 6.54. The maximum absolute atomic E-state index is 12.8. The lowest BCUT2D eigenvalue weighted by Crippen LogP contribution is -2.13. The van der Waals surface area contributed by atoms with Crippen LogP contribution in [0.5, 0.6) is 0 Å². The molecule has 4 aromatic rings. The molecule has 3 aromatic carbocycles. The molecule has 0 unspecified atom stereocenters. The van der Waals surface area contributed by atoms with Crippen LogP contribution in [0.15, 0.2) is 65.1 Å². The molecule has 4 rings (SSSR count). The number of nitrogens with zero attached hydrogens (tertiary/aromatic N) is 2. The van der Waals surface area contributed by atoms with Crippen LogP contribution in [0.25, 0.3) is 20.8 Å². The molecule has 1 aromatic heterocycles. The number of nitro groups is 1. The smallest absolute Gasteiger partial charge is 0.270 e. The molecule has 144 valence electrons. The lowest BCUT2D eigenvalue weighted by molar-refractivity contribution is -0.384. The van der Waals surface area contributed by atoms with Crippen molar-refractivity contribution in [3.8, 4) is 10.6 Å². The Bertz CT molecular complexity index is 1240. The first-order valence-corrected chi connectivity index (χ1v) is 10.3. The normalized spacial score (nSPS) is 10.8. The number of carbonyl (C=O) groups excluding carboxylic acids is 1. The van der Waals surface area contributed by atoms with Crippen molar-refractivity contribution in [1.29, 1.82) is 0 Å². The lowest BCUT2D eigenvalue weighted by Gasteiger charge is -2.11. The molecule has 0 spiro atoms. The highest BCUT2D eigenvalue weighted by Crippen LogP contribution is 2.36. The molecular formula is C20H11BrClN3O3S. The van der Waals surface area contributed by atoms with E-state index in [2.05, 4.69) is 26.2 Å². The Morgan fingerprint density at radius 2 is 1.93 bits per heavy atom. The summed E-state index contributed by atoms with van der Waals surface area (Å²) in [6.45, 7) is 0. The molecule has 0 bridgehead atoms. The monoisotopic (exact) mass is 487 g/mol. The first-order valence-electron chi connectivity index (χ1n) is 8.33. The fourth-order valence-corrected chi connectivity index (χ4v) is 4.40. The molecule has 1 N–H and O–H groups in total. The zero-order valence-corrected chi connectivity index (χ0v) is 17.7. The van der Waals surface area contributed by atoms with E-state index in [1.165, 1.54) is 23.5 Å². The van der Waals surface area contributed by atoms with Crippen molar-refractivity contribution in [2.45, 2.75) is 0 Å². The average Bonchev–Trinajstić information content (AvgIpc) is 3.13. The van der Waals surface area contributed by atoms with E-state index in [0.29, 0.717) is 5.69 Å². The summed E-state index contributed by atoms with van der Waals surface area (Å²) in [6.07, 6.45) is 0. The minimum absolute atomic E-state index is 0.00958. The van der Waals surface area contributed by atoms with Crippen molar-refractivity contribution >= 4 is 66.4 Å². The van der Waals surface area contributed by atoms with Crippen molar-refractivity contribution in [1.82, 2.24) is 4.98 Å². The molecule has 0 saturated carbocycles. The second-order valence-electron chi connectivity index (χ2n) is 6.05. The summed E-state index contributed by atoms with van der Waals surface area (Å²) in [5.74, 6) is -0.463. The molecule has 0 aliphatic rings. The van der Waals surface area contributed by atoms with Crippen molar-refractivity contribution in [3.63, 3.8) is 0 Å². The van der Waals surface area contributed by atoms with E-state index in [9.17, 15) is 14.9 Å². The van der Waals surface area contributed by atoms with Crippen LogP contribution >= 0.6 is 38.9 Å². The van der Waals surface area contributed by atoms with E-state index in [-0.39, 0.29) is 16.3 Å². The van der Waals surface area contributed by atoms with Gasteiger partial charge in [-0.2, -0.15) is 0 Å². The molecule has 0 atom stereocenters. The van der Waals surface area contributed by atoms with Gasteiger partial charge in [0.1, 0.15) is 5.01 Å². The fraction of sp³-hybridized carbons (Fsp3) is 0. The highest BCUT2D eigenvalue weighted by Gasteiger charge is 2.18. The summed E-state index contributed by atoms with van der Waals surface area (Å²) >= 11 is 11.1. The molecule has 1 heterocycles. The lowest BCUT2D eigenvalue weighted by atomic mass is 10.1. The van der Waals surface area contributed by atoms with E-state index in [1.807, 2.05) is 36.4 Å². The number of nitro benzene ring substituents is 1. The number of amides is 1. The van der Waals surface area contributed by atoms with Crippen molar-refractivity contribution in [3.05, 3.63) is 85.8 Å². The minimum atomic E-state index is -0.562. The molecule has 6 nitrogen and oxygen atoms in total. The van der Waals surface area contributed by atoms with E-state index < -0.39 is 10.8 Å². The fourth-order valence-electron chi connectivity index (χ4n) is 2.78. The standard InChI is InChI=1S/C20H11BrClN3O3S/c21-11-5-8-16(14(9-11)20-24-17-3-1-2-4-18(17)29-20)23-19(26)13-7-6-12(25(27)28)10-15(13)22/h1-10H,(H,23,26). The van der Waals surface area contributed by atoms with Gasteiger partial charge in [0.2, 0.25) is 0 Å². The highest BCUT2D eigenvalue weighted by atomic mass is 79.9. The molecule has 0 aliphatic heterocycles. The predicted molar refractivity (Wildman–Crippen MR) is 119 cm³/mol. The van der Waals surface area contributed by atoms with Crippen LogP contribution < -0.4 is 5.32 Å². The average molecular weight is 489 g/mol. The van der Waals surface area contributed by atoms with Gasteiger partial charge < -0.3 is 5.32 Å². The second-order valence-corrected chi connectivity index (χ2v) is 8.41. The number of aromatic nitrogens is 1. The van der Waals surface area contributed by atoms with Crippen LogP contribution in [-0.2, 0) is 0 Å². The summed E-state index contributed by atoms with van der Waals surface area (Å²) in [5.41, 5.74) is 2.17. The van der Waals surface area contributed by atoms with Crippen molar-refractivity contribution < 1.29 is 9.72 Å². The van der Waals surface area contributed by atoms with Crippen LogP contribution in [0, 0.1) is 10.1 Å². The third-order valence-electron chi connectivity index (χ3n) is 4.16. The van der Waals surface area contributed by atoms with Crippen LogP contribution in [0.2, 0.25) is 5.02 Å². The Hall–Kier alpha value is -2.81. The Labute approximate surface area is 182 Å². The number of hydrogen-bond donors (Lipinski definition) is 1. The van der Waals surface area contributed by atoms with Gasteiger partial charge in [0.15, 0.2) is 0 Å². The van der Waals surface area contributed by atoms with Crippen molar-refractivity contribution in [2.24, 2.45) is 0 Å². The Kier molecular flexibility index (Phi) is 5.31.